The van der Waals surface area contributed by atoms with Crippen LogP contribution < -0.4 is 11.1 Å². The fourth-order valence-electron chi connectivity index (χ4n) is 3.93. The van der Waals surface area contributed by atoms with Crippen molar-refractivity contribution in [1.29, 1.82) is 0 Å². The van der Waals surface area contributed by atoms with E-state index in [2.05, 4.69) is 20.3 Å². The number of carbonyl (C=O) groups excluding carboxylic acids is 1. The predicted octanol–water partition coefficient (Wildman–Crippen LogP) is 3.89. The standard InChI is InChI=1S/C25H24ClN5O2/c1-14-5-23(27)31-15(2)22(14)12-30-25(33)17-3-4-28-21(9-17)10-19-7-16(13-32)6-18-8-20(26)11-29-24(18)19/h3-9,11,32H,10,12-13H2,1-2H3,(H2,27,31)(H,30,33). The minimum absolute atomic E-state index is 0.0931. The van der Waals surface area contributed by atoms with E-state index in [0.717, 1.165) is 44.5 Å². The Morgan fingerprint density at radius 1 is 1.15 bits per heavy atom. The molecule has 0 atom stereocenters. The molecule has 1 aromatic carbocycles. The van der Waals surface area contributed by atoms with Gasteiger partial charge in [0.15, 0.2) is 0 Å². The largest absolute Gasteiger partial charge is 0.392 e. The molecule has 0 aliphatic carbocycles. The lowest BCUT2D eigenvalue weighted by molar-refractivity contribution is 0.0950. The van der Waals surface area contributed by atoms with Gasteiger partial charge in [0.2, 0.25) is 0 Å². The number of halogens is 1. The Balaban J connectivity index is 1.56. The number of aryl methyl sites for hydroxylation is 2. The first-order chi connectivity index (χ1) is 15.8. The number of pyridine rings is 3. The van der Waals surface area contributed by atoms with Crippen LogP contribution in [-0.2, 0) is 19.6 Å². The Bertz CT molecular complexity index is 1330. The number of nitrogens with one attached hydrogen (secondary N) is 1. The summed E-state index contributed by atoms with van der Waals surface area (Å²) in [4.78, 5) is 26.0. The van der Waals surface area contributed by atoms with Crippen LogP contribution in [0.5, 0.6) is 0 Å². The number of hydrogen-bond donors (Lipinski definition) is 3. The molecule has 4 rings (SSSR count). The highest BCUT2D eigenvalue weighted by atomic mass is 35.5. The second-order valence-corrected chi connectivity index (χ2v) is 8.40. The van der Waals surface area contributed by atoms with Gasteiger partial charge in [-0.1, -0.05) is 17.7 Å². The van der Waals surface area contributed by atoms with Crippen molar-refractivity contribution < 1.29 is 9.90 Å². The van der Waals surface area contributed by atoms with Gasteiger partial charge in [-0.3, -0.25) is 14.8 Å². The lowest BCUT2D eigenvalue weighted by Crippen LogP contribution is -2.24. The molecule has 0 aliphatic rings. The summed E-state index contributed by atoms with van der Waals surface area (Å²) in [7, 11) is 0. The third-order valence-electron chi connectivity index (χ3n) is 5.52. The number of nitrogens with two attached hydrogens (primary N) is 1. The molecule has 168 valence electrons. The van der Waals surface area contributed by atoms with Crippen LogP contribution in [0.3, 0.4) is 0 Å². The van der Waals surface area contributed by atoms with Crippen LogP contribution in [0.4, 0.5) is 5.82 Å². The number of rotatable bonds is 6. The number of hydrogen-bond acceptors (Lipinski definition) is 6. The van der Waals surface area contributed by atoms with Crippen molar-refractivity contribution in [1.82, 2.24) is 20.3 Å². The molecule has 0 bridgehead atoms. The second kappa shape index (κ2) is 9.52. The minimum atomic E-state index is -0.201. The van der Waals surface area contributed by atoms with E-state index in [9.17, 15) is 9.90 Å². The van der Waals surface area contributed by atoms with Crippen LogP contribution in [0.1, 0.15) is 44.0 Å². The number of nitrogen functional groups attached to an aromatic ring is 1. The number of benzene rings is 1. The molecule has 0 spiro atoms. The summed E-state index contributed by atoms with van der Waals surface area (Å²) < 4.78 is 0. The van der Waals surface area contributed by atoms with Gasteiger partial charge in [-0.05, 0) is 66.4 Å². The van der Waals surface area contributed by atoms with Gasteiger partial charge in [0, 0.05) is 47.7 Å². The number of fused-ring (bicyclic) bond motifs is 1. The highest BCUT2D eigenvalue weighted by Crippen LogP contribution is 2.24. The van der Waals surface area contributed by atoms with Gasteiger partial charge in [0.05, 0.1) is 17.1 Å². The van der Waals surface area contributed by atoms with Crippen LogP contribution in [-0.4, -0.2) is 26.0 Å². The average Bonchev–Trinajstić information content (AvgIpc) is 2.78. The molecule has 33 heavy (non-hydrogen) atoms. The second-order valence-electron chi connectivity index (χ2n) is 7.96. The summed E-state index contributed by atoms with van der Waals surface area (Å²) in [5, 5.41) is 14.0. The minimum Gasteiger partial charge on any atom is -0.392 e. The van der Waals surface area contributed by atoms with Crippen LogP contribution >= 0.6 is 11.6 Å². The van der Waals surface area contributed by atoms with E-state index in [1.807, 2.05) is 32.0 Å². The van der Waals surface area contributed by atoms with Crippen LogP contribution in [0.2, 0.25) is 5.02 Å². The number of nitrogens with zero attached hydrogens (tertiary/aromatic N) is 3. The van der Waals surface area contributed by atoms with Crippen molar-refractivity contribution in [3.8, 4) is 0 Å². The van der Waals surface area contributed by atoms with Gasteiger partial charge in [0.25, 0.3) is 5.91 Å². The number of anilines is 1. The van der Waals surface area contributed by atoms with E-state index < -0.39 is 0 Å². The Morgan fingerprint density at radius 2 is 1.97 bits per heavy atom. The molecular weight excluding hydrogens is 438 g/mol. The van der Waals surface area contributed by atoms with Crippen molar-refractivity contribution in [3.05, 3.63) is 93.0 Å². The number of carbonyl (C=O) groups is 1. The number of aromatic nitrogens is 3. The molecule has 8 heteroatoms. The van der Waals surface area contributed by atoms with Crippen LogP contribution in [0, 0.1) is 13.8 Å². The SMILES string of the molecule is Cc1cc(N)nc(C)c1CNC(=O)c1ccnc(Cc2cc(CO)cc3cc(Cl)cnc23)c1. The van der Waals surface area contributed by atoms with E-state index in [4.69, 9.17) is 17.3 Å². The maximum Gasteiger partial charge on any atom is 0.251 e. The Hall–Kier alpha value is -3.55. The molecule has 7 nitrogen and oxygen atoms in total. The molecule has 0 fully saturated rings. The van der Waals surface area contributed by atoms with E-state index in [1.54, 1.807) is 30.6 Å². The Morgan fingerprint density at radius 3 is 2.73 bits per heavy atom. The summed E-state index contributed by atoms with van der Waals surface area (Å²) in [6.45, 7) is 4.09. The zero-order valence-corrected chi connectivity index (χ0v) is 19.1. The lowest BCUT2D eigenvalue weighted by Gasteiger charge is -2.12. The molecule has 0 saturated heterocycles. The number of amides is 1. The third kappa shape index (κ3) is 5.10. The smallest absolute Gasteiger partial charge is 0.251 e. The molecule has 0 unspecified atom stereocenters. The van der Waals surface area contributed by atoms with Crippen molar-refractivity contribution >= 4 is 34.2 Å². The fraction of sp³-hybridized carbons (Fsp3) is 0.200. The molecule has 4 N–H and O–H groups in total. The molecule has 3 aromatic heterocycles. The third-order valence-corrected chi connectivity index (χ3v) is 5.73. The summed E-state index contributed by atoms with van der Waals surface area (Å²) >= 11 is 6.09. The molecule has 3 heterocycles. The topological polar surface area (TPSA) is 114 Å². The zero-order chi connectivity index (χ0) is 23.5. The van der Waals surface area contributed by atoms with Gasteiger partial charge in [-0.25, -0.2) is 4.98 Å². The first kappa shape index (κ1) is 22.6. The van der Waals surface area contributed by atoms with E-state index in [0.29, 0.717) is 29.4 Å². The van der Waals surface area contributed by atoms with Crippen molar-refractivity contribution in [3.63, 3.8) is 0 Å². The zero-order valence-electron chi connectivity index (χ0n) is 18.4. The molecule has 0 saturated carbocycles. The van der Waals surface area contributed by atoms with E-state index in [1.165, 1.54) is 0 Å². The molecule has 4 aromatic rings. The average molecular weight is 462 g/mol. The maximum atomic E-state index is 12.8. The summed E-state index contributed by atoms with van der Waals surface area (Å²) in [6.07, 6.45) is 3.67. The summed E-state index contributed by atoms with van der Waals surface area (Å²) in [6, 6.07) is 10.8. The quantitative estimate of drug-likeness (QED) is 0.401. The number of aliphatic hydroxyl groups is 1. The van der Waals surface area contributed by atoms with Gasteiger partial charge in [0.1, 0.15) is 5.82 Å². The summed E-state index contributed by atoms with van der Waals surface area (Å²) in [5.41, 5.74) is 12.2. The van der Waals surface area contributed by atoms with Gasteiger partial charge < -0.3 is 16.2 Å². The predicted molar refractivity (Wildman–Crippen MR) is 129 cm³/mol. The van der Waals surface area contributed by atoms with Gasteiger partial charge in [-0.2, -0.15) is 0 Å². The molecular formula is C25H24ClN5O2. The highest BCUT2D eigenvalue weighted by Gasteiger charge is 2.12. The van der Waals surface area contributed by atoms with E-state index in [-0.39, 0.29) is 12.5 Å². The maximum absolute atomic E-state index is 12.8. The van der Waals surface area contributed by atoms with Gasteiger partial charge >= 0.3 is 0 Å². The van der Waals surface area contributed by atoms with Gasteiger partial charge in [-0.15, -0.1) is 0 Å². The van der Waals surface area contributed by atoms with Crippen molar-refractivity contribution in [2.75, 3.05) is 5.73 Å². The molecule has 1 amide bonds. The highest BCUT2D eigenvalue weighted by molar-refractivity contribution is 6.31. The normalized spacial score (nSPS) is 11.0. The monoisotopic (exact) mass is 461 g/mol. The first-order valence-electron chi connectivity index (χ1n) is 10.5. The Labute approximate surface area is 196 Å². The lowest BCUT2D eigenvalue weighted by atomic mass is 10.0. The van der Waals surface area contributed by atoms with Crippen LogP contribution in [0.15, 0.2) is 48.8 Å². The van der Waals surface area contributed by atoms with Crippen molar-refractivity contribution in [2.24, 2.45) is 0 Å². The van der Waals surface area contributed by atoms with Crippen LogP contribution in [0.25, 0.3) is 10.9 Å². The van der Waals surface area contributed by atoms with E-state index >= 15 is 0 Å². The first-order valence-corrected chi connectivity index (χ1v) is 10.9. The molecule has 0 radical (unpaired) electrons. The molecule has 0 aliphatic heterocycles. The summed E-state index contributed by atoms with van der Waals surface area (Å²) in [5.74, 6) is 0.265. The number of aliphatic hydroxyl groups excluding tert-OH is 1. The van der Waals surface area contributed by atoms with Crippen molar-refractivity contribution in [2.45, 2.75) is 33.4 Å². The Kier molecular flexibility index (Phi) is 6.53. The fourth-order valence-corrected chi connectivity index (χ4v) is 4.10.